The van der Waals surface area contributed by atoms with Gasteiger partial charge in [0.15, 0.2) is 0 Å². The van der Waals surface area contributed by atoms with Gasteiger partial charge in [0.1, 0.15) is 29.4 Å². The molecule has 34 heavy (non-hydrogen) atoms. The Labute approximate surface area is 199 Å². The van der Waals surface area contributed by atoms with E-state index in [0.29, 0.717) is 46.1 Å². The number of hydroxylamine groups is 1. The predicted octanol–water partition coefficient (Wildman–Crippen LogP) is 4.18. The first kappa shape index (κ1) is 23.6. The number of aryl methyl sites for hydroxylation is 1. The molecule has 0 aliphatic rings. The van der Waals surface area contributed by atoms with E-state index in [9.17, 15) is 5.21 Å². The fourth-order valence-corrected chi connectivity index (χ4v) is 3.84. The highest BCUT2D eigenvalue weighted by Gasteiger charge is 2.26. The van der Waals surface area contributed by atoms with E-state index in [1.807, 2.05) is 31.4 Å². The van der Waals surface area contributed by atoms with E-state index in [1.165, 1.54) is 0 Å². The molecule has 1 atom stereocenters. The smallest absolute Gasteiger partial charge is 0.145 e. The second kappa shape index (κ2) is 9.76. The number of quaternary nitrogens is 1. The molecule has 0 saturated heterocycles. The number of rotatable bonds is 9. The Kier molecular flexibility index (Phi) is 6.78. The van der Waals surface area contributed by atoms with E-state index < -0.39 is 4.65 Å². The average Bonchev–Trinajstić information content (AvgIpc) is 3.28. The predicted molar refractivity (Wildman–Crippen MR) is 134 cm³/mol. The van der Waals surface area contributed by atoms with Gasteiger partial charge in [0.25, 0.3) is 0 Å². The molecule has 9 nitrogen and oxygen atoms in total. The van der Waals surface area contributed by atoms with Gasteiger partial charge in [-0.2, -0.15) is 5.10 Å². The van der Waals surface area contributed by atoms with Crippen molar-refractivity contribution < 1.29 is 9.47 Å². The van der Waals surface area contributed by atoms with Crippen LogP contribution in [-0.4, -0.2) is 53.1 Å². The molecular weight excluding hydrogens is 432 g/mol. The van der Waals surface area contributed by atoms with E-state index >= 15 is 0 Å². The van der Waals surface area contributed by atoms with Crippen molar-refractivity contribution in [2.75, 3.05) is 27.3 Å². The summed E-state index contributed by atoms with van der Waals surface area (Å²) >= 11 is 0. The van der Waals surface area contributed by atoms with E-state index in [2.05, 4.69) is 29.2 Å². The molecule has 1 unspecified atom stereocenters. The zero-order chi connectivity index (χ0) is 24.3. The molecule has 0 radical (unpaired) electrons. The van der Waals surface area contributed by atoms with Crippen LogP contribution in [0.1, 0.15) is 13.8 Å². The molecule has 178 valence electrons. The molecule has 1 N–H and O–H groups in total. The summed E-state index contributed by atoms with van der Waals surface area (Å²) in [6, 6.07) is 11.0. The summed E-state index contributed by atoms with van der Waals surface area (Å²) in [7, 11) is 5.00. The minimum absolute atomic E-state index is 0.262. The normalized spacial score (nSPS) is 13.3. The lowest BCUT2D eigenvalue weighted by Crippen LogP contribution is -2.44. The number of methoxy groups -OCH3 is 2. The third-order valence-corrected chi connectivity index (χ3v) is 5.68. The molecule has 4 aromatic rings. The lowest BCUT2D eigenvalue weighted by molar-refractivity contribution is 0.390. The molecule has 0 fully saturated rings. The van der Waals surface area contributed by atoms with Crippen LogP contribution < -0.4 is 19.4 Å². The maximum Gasteiger partial charge on any atom is 0.145 e. The first-order chi connectivity index (χ1) is 16.3. The monoisotopic (exact) mass is 462 g/mol. The van der Waals surface area contributed by atoms with Crippen molar-refractivity contribution >= 4 is 22.4 Å². The first-order valence-electron chi connectivity index (χ1n) is 11.1. The summed E-state index contributed by atoms with van der Waals surface area (Å²) in [6.07, 6.45) is 5.35. The number of fused-ring (bicyclic) bond motifs is 1. The number of hydrogen-bond donors (Lipinski definition) is 1. The van der Waals surface area contributed by atoms with Crippen LogP contribution >= 0.6 is 0 Å². The summed E-state index contributed by atoms with van der Waals surface area (Å²) < 4.78 is 11.9. The van der Waals surface area contributed by atoms with Crippen LogP contribution in [0.3, 0.4) is 0 Å². The Morgan fingerprint density at radius 1 is 1.00 bits per heavy atom. The Bertz CT molecular complexity index is 1270. The highest BCUT2D eigenvalue weighted by Crippen LogP contribution is 2.39. The fraction of sp³-hybridized carbons (Fsp3) is 0.320. The molecular formula is C25H30N6O3. The van der Waals surface area contributed by atoms with Crippen LogP contribution in [-0.2, 0) is 7.05 Å². The number of aromatic nitrogens is 4. The van der Waals surface area contributed by atoms with E-state index in [1.54, 1.807) is 49.5 Å². The zero-order valence-electron chi connectivity index (χ0n) is 20.1. The van der Waals surface area contributed by atoms with Gasteiger partial charge in [-0.3, -0.25) is 14.3 Å². The third kappa shape index (κ3) is 4.86. The Morgan fingerprint density at radius 2 is 1.74 bits per heavy atom. The molecule has 0 aliphatic carbocycles. The van der Waals surface area contributed by atoms with Crippen molar-refractivity contribution in [1.82, 2.24) is 29.7 Å². The van der Waals surface area contributed by atoms with Crippen molar-refractivity contribution in [1.29, 1.82) is 0 Å². The van der Waals surface area contributed by atoms with Crippen LogP contribution in [0, 0.1) is 5.21 Å². The third-order valence-electron chi connectivity index (χ3n) is 5.68. The summed E-state index contributed by atoms with van der Waals surface area (Å²) in [5, 5.41) is 22.1. The van der Waals surface area contributed by atoms with Gasteiger partial charge in [0, 0.05) is 61.7 Å². The maximum atomic E-state index is 14.5. The SMILES string of the molecule is COc1cc(OC)cc([N+]([O-])(CCNC(C)C)c2ccc3ncc(-c4cnn(C)c4)nc3c2)c1. The van der Waals surface area contributed by atoms with Gasteiger partial charge in [-0.1, -0.05) is 13.8 Å². The number of nitrogens with zero attached hydrogens (tertiary/aromatic N) is 5. The molecule has 2 aromatic heterocycles. The summed E-state index contributed by atoms with van der Waals surface area (Å²) in [4.78, 5) is 9.31. The molecule has 0 spiro atoms. The minimum Gasteiger partial charge on any atom is -0.622 e. The van der Waals surface area contributed by atoms with Crippen LogP contribution in [0.5, 0.6) is 11.5 Å². The number of ether oxygens (including phenoxy) is 2. The second-order valence-electron chi connectivity index (χ2n) is 8.47. The van der Waals surface area contributed by atoms with Crippen molar-refractivity contribution in [3.05, 3.63) is 60.2 Å². The first-order valence-corrected chi connectivity index (χ1v) is 11.1. The largest absolute Gasteiger partial charge is 0.622 e. The van der Waals surface area contributed by atoms with Crippen molar-refractivity contribution in [3.63, 3.8) is 0 Å². The van der Waals surface area contributed by atoms with E-state index in [-0.39, 0.29) is 12.6 Å². The summed E-state index contributed by atoms with van der Waals surface area (Å²) in [5.41, 5.74) is 3.98. The number of hydrogen-bond acceptors (Lipinski definition) is 7. The fourth-order valence-electron chi connectivity index (χ4n) is 3.84. The number of nitrogens with one attached hydrogen (secondary N) is 1. The molecule has 9 heteroatoms. The van der Waals surface area contributed by atoms with E-state index in [4.69, 9.17) is 14.5 Å². The average molecular weight is 463 g/mol. The van der Waals surface area contributed by atoms with Gasteiger partial charge in [-0.25, -0.2) is 4.98 Å². The van der Waals surface area contributed by atoms with Crippen molar-refractivity contribution in [2.24, 2.45) is 7.05 Å². The van der Waals surface area contributed by atoms with Gasteiger partial charge in [0.05, 0.1) is 43.3 Å². The van der Waals surface area contributed by atoms with Crippen LogP contribution in [0.4, 0.5) is 11.4 Å². The molecule has 2 aromatic carbocycles. The van der Waals surface area contributed by atoms with Crippen LogP contribution in [0.25, 0.3) is 22.3 Å². The van der Waals surface area contributed by atoms with Gasteiger partial charge in [-0.15, -0.1) is 0 Å². The minimum atomic E-state index is -0.706. The second-order valence-corrected chi connectivity index (χ2v) is 8.47. The van der Waals surface area contributed by atoms with Gasteiger partial charge in [-0.05, 0) is 6.07 Å². The summed E-state index contributed by atoms with van der Waals surface area (Å²) in [6.45, 7) is 4.91. The molecule has 0 amide bonds. The van der Waals surface area contributed by atoms with Gasteiger partial charge in [0.2, 0.25) is 0 Å². The van der Waals surface area contributed by atoms with Gasteiger partial charge >= 0.3 is 0 Å². The topological polar surface area (TPSA) is 97.1 Å². The van der Waals surface area contributed by atoms with Crippen LogP contribution in [0.15, 0.2) is 55.0 Å². The Balaban J connectivity index is 1.82. The standard InChI is InChI=1S/C25H30N6O3/c1-17(2)26-8-9-31(32,20-10-21(33-4)13-22(11-20)34-5)19-6-7-23-24(12-19)29-25(15-27-23)18-14-28-30(3)16-18/h6-7,10-17,26H,8-9H2,1-5H3. The van der Waals surface area contributed by atoms with E-state index in [0.717, 1.165) is 5.56 Å². The Morgan fingerprint density at radius 3 is 2.35 bits per heavy atom. The molecule has 0 aliphatic heterocycles. The molecule has 0 saturated carbocycles. The molecule has 0 bridgehead atoms. The zero-order valence-corrected chi connectivity index (χ0v) is 20.1. The van der Waals surface area contributed by atoms with Crippen LogP contribution in [0.2, 0.25) is 0 Å². The summed E-state index contributed by atoms with van der Waals surface area (Å²) in [5.74, 6) is 1.12. The lowest BCUT2D eigenvalue weighted by Gasteiger charge is -2.42. The lowest BCUT2D eigenvalue weighted by atomic mass is 10.1. The highest BCUT2D eigenvalue weighted by atomic mass is 16.5. The molecule has 4 rings (SSSR count). The highest BCUT2D eigenvalue weighted by molar-refractivity contribution is 5.81. The number of benzene rings is 2. The van der Waals surface area contributed by atoms with Crippen molar-refractivity contribution in [3.8, 4) is 22.8 Å². The molecule has 2 heterocycles. The van der Waals surface area contributed by atoms with Gasteiger partial charge < -0.3 is 20.0 Å². The quantitative estimate of drug-likeness (QED) is 0.294. The van der Waals surface area contributed by atoms with Crippen molar-refractivity contribution in [2.45, 2.75) is 19.9 Å². The maximum absolute atomic E-state index is 14.5. The Hall–Kier alpha value is -3.53.